The summed E-state index contributed by atoms with van der Waals surface area (Å²) in [5.74, 6) is 0.710. The van der Waals surface area contributed by atoms with Gasteiger partial charge >= 0.3 is 0 Å². The first-order chi connectivity index (χ1) is 6.24. The van der Waals surface area contributed by atoms with Gasteiger partial charge in [-0.3, -0.25) is 0 Å². The van der Waals surface area contributed by atoms with Crippen molar-refractivity contribution < 1.29 is 0 Å². The molecule has 0 spiro atoms. The van der Waals surface area contributed by atoms with Gasteiger partial charge < -0.3 is 0 Å². The van der Waals surface area contributed by atoms with Crippen LogP contribution in [0.15, 0.2) is 22.3 Å². The summed E-state index contributed by atoms with van der Waals surface area (Å²) in [5, 5.41) is 0. The van der Waals surface area contributed by atoms with Crippen LogP contribution in [-0.2, 0) is 0 Å². The number of hydrogen-bond acceptors (Lipinski definition) is 0. The molecule has 0 bridgehead atoms. The largest absolute Gasteiger partial charge is 0.0693 e. The van der Waals surface area contributed by atoms with Crippen LogP contribution in [0.1, 0.15) is 27.7 Å². The molecule has 1 aliphatic carbocycles. The van der Waals surface area contributed by atoms with E-state index >= 15 is 0 Å². The average Bonchev–Trinajstić information content (AvgIpc) is 2.20. The minimum Gasteiger partial charge on any atom is -0.0693 e. The van der Waals surface area contributed by atoms with Crippen molar-refractivity contribution in [3.8, 4) is 0 Å². The summed E-state index contributed by atoms with van der Waals surface area (Å²) >= 11 is 0. The zero-order valence-electron chi connectivity index (χ0n) is 10.8. The van der Waals surface area contributed by atoms with Crippen molar-refractivity contribution in [3.63, 3.8) is 0 Å². The molecular formula is C13H24Si. The highest BCUT2D eigenvalue weighted by atomic mass is 28.3. The van der Waals surface area contributed by atoms with Crippen molar-refractivity contribution in [1.82, 2.24) is 0 Å². The van der Waals surface area contributed by atoms with E-state index in [0.717, 1.165) is 0 Å². The molecule has 14 heavy (non-hydrogen) atoms. The molecule has 0 amide bonds. The van der Waals surface area contributed by atoms with Gasteiger partial charge in [-0.2, -0.15) is 0 Å². The molecule has 0 heterocycles. The van der Waals surface area contributed by atoms with Gasteiger partial charge in [-0.05, 0) is 43.9 Å². The highest BCUT2D eigenvalue weighted by molar-refractivity contribution is 6.76. The lowest BCUT2D eigenvalue weighted by atomic mass is 10.00. The average molecular weight is 208 g/mol. The van der Waals surface area contributed by atoms with E-state index in [2.05, 4.69) is 47.3 Å². The van der Waals surface area contributed by atoms with E-state index in [0.29, 0.717) is 5.92 Å². The Morgan fingerprint density at radius 1 is 1.00 bits per heavy atom. The lowest BCUT2D eigenvalue weighted by Gasteiger charge is -2.21. The maximum atomic E-state index is 2.46. The van der Waals surface area contributed by atoms with Gasteiger partial charge in [0.1, 0.15) is 0 Å². The van der Waals surface area contributed by atoms with E-state index in [-0.39, 0.29) is 0 Å². The lowest BCUT2D eigenvalue weighted by Crippen LogP contribution is -2.21. The van der Waals surface area contributed by atoms with Crippen molar-refractivity contribution in [1.29, 1.82) is 0 Å². The van der Waals surface area contributed by atoms with Crippen molar-refractivity contribution in [2.24, 2.45) is 5.92 Å². The molecule has 0 fully saturated rings. The molecule has 0 aliphatic heterocycles. The maximum absolute atomic E-state index is 2.46. The van der Waals surface area contributed by atoms with Gasteiger partial charge in [0, 0.05) is 8.07 Å². The molecule has 0 aromatic heterocycles. The first kappa shape index (κ1) is 11.8. The second-order valence-electron chi connectivity index (χ2n) is 5.92. The standard InChI is InChI=1S/C13H24Si/c1-9-10(2)12(4)13(11(9)3)8-14(5,6)7/h11H,8H2,1-7H3. The monoisotopic (exact) mass is 208 g/mol. The third-order valence-corrected chi connectivity index (χ3v) is 4.97. The molecule has 1 rings (SSSR count). The van der Waals surface area contributed by atoms with Crippen molar-refractivity contribution in [2.75, 3.05) is 0 Å². The van der Waals surface area contributed by atoms with Crippen LogP contribution in [0.25, 0.3) is 0 Å². The fourth-order valence-corrected chi connectivity index (χ4v) is 4.02. The molecule has 0 radical (unpaired) electrons. The van der Waals surface area contributed by atoms with E-state index in [1.54, 1.807) is 22.3 Å². The van der Waals surface area contributed by atoms with Gasteiger partial charge in [0.05, 0.1) is 0 Å². The molecule has 1 atom stereocenters. The fourth-order valence-electron chi connectivity index (χ4n) is 2.30. The van der Waals surface area contributed by atoms with E-state index in [1.807, 2.05) is 0 Å². The van der Waals surface area contributed by atoms with Gasteiger partial charge in [-0.1, -0.05) is 37.7 Å². The molecule has 1 aliphatic rings. The Hall–Kier alpha value is -0.303. The van der Waals surface area contributed by atoms with Crippen LogP contribution in [0.4, 0.5) is 0 Å². The zero-order valence-corrected chi connectivity index (χ0v) is 11.8. The Morgan fingerprint density at radius 2 is 1.50 bits per heavy atom. The Balaban J connectivity index is 2.94. The number of allylic oxidation sites excluding steroid dienone is 4. The molecule has 0 aromatic rings. The third kappa shape index (κ3) is 2.19. The first-order valence-corrected chi connectivity index (χ1v) is 9.32. The van der Waals surface area contributed by atoms with Gasteiger partial charge in [0.15, 0.2) is 0 Å². The summed E-state index contributed by atoms with van der Waals surface area (Å²) in [6.45, 7) is 16.6. The predicted molar refractivity (Wildman–Crippen MR) is 68.4 cm³/mol. The molecule has 0 aromatic carbocycles. The Kier molecular flexibility index (Phi) is 3.10. The minimum atomic E-state index is -0.950. The summed E-state index contributed by atoms with van der Waals surface area (Å²) in [7, 11) is -0.950. The molecule has 0 nitrogen and oxygen atoms in total. The van der Waals surface area contributed by atoms with Crippen LogP contribution in [0, 0.1) is 5.92 Å². The van der Waals surface area contributed by atoms with E-state index < -0.39 is 8.07 Å². The van der Waals surface area contributed by atoms with Gasteiger partial charge in [0.2, 0.25) is 0 Å². The minimum absolute atomic E-state index is 0.710. The normalized spacial score (nSPS) is 23.8. The van der Waals surface area contributed by atoms with Crippen molar-refractivity contribution in [3.05, 3.63) is 22.3 Å². The molecule has 0 N–H and O–H groups in total. The summed E-state index contributed by atoms with van der Waals surface area (Å²) < 4.78 is 0. The highest BCUT2D eigenvalue weighted by Gasteiger charge is 2.27. The van der Waals surface area contributed by atoms with Gasteiger partial charge in [0.25, 0.3) is 0 Å². The van der Waals surface area contributed by atoms with Crippen LogP contribution >= 0.6 is 0 Å². The summed E-state index contributed by atoms with van der Waals surface area (Å²) in [5.41, 5.74) is 6.44. The maximum Gasteiger partial charge on any atom is 0.0483 e. The van der Waals surface area contributed by atoms with Crippen LogP contribution in [-0.4, -0.2) is 8.07 Å². The third-order valence-electron chi connectivity index (χ3n) is 3.53. The van der Waals surface area contributed by atoms with Crippen LogP contribution < -0.4 is 0 Å². The smallest absolute Gasteiger partial charge is 0.0483 e. The number of rotatable bonds is 2. The lowest BCUT2D eigenvalue weighted by molar-refractivity contribution is 0.809. The van der Waals surface area contributed by atoms with Crippen molar-refractivity contribution >= 4 is 8.07 Å². The molecular weight excluding hydrogens is 184 g/mol. The second-order valence-corrected chi connectivity index (χ2v) is 11.4. The molecule has 0 saturated carbocycles. The van der Waals surface area contributed by atoms with E-state index in [1.165, 1.54) is 6.04 Å². The summed E-state index contributed by atoms with van der Waals surface area (Å²) in [6.07, 6.45) is 0. The molecule has 1 unspecified atom stereocenters. The molecule has 0 saturated heterocycles. The Morgan fingerprint density at radius 3 is 1.79 bits per heavy atom. The Bertz CT molecular complexity index is 300. The van der Waals surface area contributed by atoms with Gasteiger partial charge in [-0.15, -0.1) is 0 Å². The second kappa shape index (κ2) is 3.69. The number of hydrogen-bond donors (Lipinski definition) is 0. The molecule has 1 heteroatoms. The Labute approximate surface area is 90.1 Å². The predicted octanol–water partition coefficient (Wildman–Crippen LogP) is 4.63. The summed E-state index contributed by atoms with van der Waals surface area (Å²) in [4.78, 5) is 0. The quantitative estimate of drug-likeness (QED) is 0.581. The van der Waals surface area contributed by atoms with Gasteiger partial charge in [-0.25, -0.2) is 0 Å². The van der Waals surface area contributed by atoms with E-state index in [9.17, 15) is 0 Å². The van der Waals surface area contributed by atoms with Crippen molar-refractivity contribution in [2.45, 2.75) is 53.4 Å². The van der Waals surface area contributed by atoms with E-state index in [4.69, 9.17) is 0 Å². The SMILES string of the molecule is CC1=C(C)C(C)C(C[Si](C)(C)C)=C1C. The van der Waals surface area contributed by atoms with Crippen LogP contribution in [0.2, 0.25) is 25.7 Å². The topological polar surface area (TPSA) is 0 Å². The summed E-state index contributed by atoms with van der Waals surface area (Å²) in [6, 6.07) is 1.37. The van der Waals surface area contributed by atoms with Crippen LogP contribution in [0.5, 0.6) is 0 Å². The molecule has 80 valence electrons. The first-order valence-electron chi connectivity index (χ1n) is 5.61. The van der Waals surface area contributed by atoms with Crippen LogP contribution in [0.3, 0.4) is 0 Å². The highest BCUT2D eigenvalue weighted by Crippen LogP contribution is 2.40. The fraction of sp³-hybridized carbons (Fsp3) is 0.692. The zero-order chi connectivity index (χ0) is 11.1.